The summed E-state index contributed by atoms with van der Waals surface area (Å²) in [5, 5.41) is 0. The molecule has 0 spiro atoms. The van der Waals surface area contributed by atoms with Crippen molar-refractivity contribution >= 4 is 11.6 Å². The highest BCUT2D eigenvalue weighted by atomic mass is 35.5. The fourth-order valence-corrected chi connectivity index (χ4v) is 1.90. The summed E-state index contributed by atoms with van der Waals surface area (Å²) >= 11 is 5.73. The SMILES string of the molecule is COc1cc(F)c(C(CCl)N(C)C)cc1F. The molecule has 2 nitrogen and oxygen atoms in total. The highest BCUT2D eigenvalue weighted by Gasteiger charge is 2.20. The number of nitrogens with zero attached hydrogens (tertiary/aromatic N) is 1. The average Bonchev–Trinajstić information content (AvgIpc) is 2.23. The van der Waals surface area contributed by atoms with E-state index in [2.05, 4.69) is 0 Å². The van der Waals surface area contributed by atoms with Crippen molar-refractivity contribution in [2.75, 3.05) is 27.1 Å². The third-order valence-electron chi connectivity index (χ3n) is 2.40. The summed E-state index contributed by atoms with van der Waals surface area (Å²) in [6.07, 6.45) is 0. The molecule has 5 heteroatoms. The van der Waals surface area contributed by atoms with Gasteiger partial charge in [-0.2, -0.15) is 0 Å². The summed E-state index contributed by atoms with van der Waals surface area (Å²) in [7, 11) is 4.81. The maximum atomic E-state index is 13.7. The third kappa shape index (κ3) is 2.62. The summed E-state index contributed by atoms with van der Waals surface area (Å²) in [4.78, 5) is 1.73. The van der Waals surface area contributed by atoms with E-state index in [0.717, 1.165) is 12.1 Å². The van der Waals surface area contributed by atoms with Crippen LogP contribution in [-0.4, -0.2) is 32.0 Å². The van der Waals surface area contributed by atoms with E-state index in [9.17, 15) is 8.78 Å². The molecule has 0 fully saturated rings. The number of methoxy groups -OCH3 is 1. The molecule has 0 heterocycles. The van der Waals surface area contributed by atoms with Crippen molar-refractivity contribution in [2.45, 2.75) is 6.04 Å². The van der Waals surface area contributed by atoms with E-state index in [-0.39, 0.29) is 23.2 Å². The summed E-state index contributed by atoms with van der Waals surface area (Å²) in [6, 6.07) is 1.80. The van der Waals surface area contributed by atoms with E-state index in [1.807, 2.05) is 0 Å². The van der Waals surface area contributed by atoms with Gasteiger partial charge < -0.3 is 9.64 Å². The van der Waals surface area contributed by atoms with E-state index in [0.29, 0.717) is 0 Å². The molecule has 1 aromatic rings. The largest absolute Gasteiger partial charge is 0.494 e. The lowest BCUT2D eigenvalue weighted by Gasteiger charge is -2.23. The number of alkyl halides is 1. The molecule has 16 heavy (non-hydrogen) atoms. The Morgan fingerprint density at radius 1 is 1.31 bits per heavy atom. The number of benzene rings is 1. The van der Waals surface area contributed by atoms with Gasteiger partial charge in [-0.3, -0.25) is 0 Å². The average molecular weight is 250 g/mol. The van der Waals surface area contributed by atoms with Crippen LogP contribution in [-0.2, 0) is 0 Å². The molecule has 0 aliphatic heterocycles. The van der Waals surface area contributed by atoms with Crippen LogP contribution in [0.2, 0.25) is 0 Å². The Labute approximate surface area is 98.8 Å². The molecule has 1 unspecified atom stereocenters. The van der Waals surface area contributed by atoms with Crippen molar-refractivity contribution in [2.24, 2.45) is 0 Å². The lowest BCUT2D eigenvalue weighted by atomic mass is 10.1. The van der Waals surface area contributed by atoms with E-state index in [4.69, 9.17) is 16.3 Å². The van der Waals surface area contributed by atoms with Crippen LogP contribution in [0.15, 0.2) is 12.1 Å². The second-order valence-electron chi connectivity index (χ2n) is 3.64. The first kappa shape index (κ1) is 13.2. The van der Waals surface area contributed by atoms with Crippen molar-refractivity contribution < 1.29 is 13.5 Å². The third-order valence-corrected chi connectivity index (χ3v) is 2.69. The van der Waals surface area contributed by atoms with Gasteiger partial charge in [0.1, 0.15) is 5.82 Å². The van der Waals surface area contributed by atoms with Gasteiger partial charge in [0.05, 0.1) is 13.2 Å². The quantitative estimate of drug-likeness (QED) is 0.761. The molecule has 0 aromatic heterocycles. The maximum Gasteiger partial charge on any atom is 0.165 e. The molecule has 90 valence electrons. The number of hydrogen-bond donors (Lipinski definition) is 0. The van der Waals surface area contributed by atoms with Gasteiger partial charge in [-0.05, 0) is 20.2 Å². The van der Waals surface area contributed by atoms with Crippen LogP contribution in [0.1, 0.15) is 11.6 Å². The predicted octanol–water partition coefficient (Wildman–Crippen LogP) is 2.81. The first-order chi connectivity index (χ1) is 7.51. The Kier molecular flexibility index (Phi) is 4.50. The monoisotopic (exact) mass is 249 g/mol. The zero-order valence-electron chi connectivity index (χ0n) is 9.43. The van der Waals surface area contributed by atoms with E-state index < -0.39 is 11.6 Å². The Morgan fingerprint density at radius 2 is 1.94 bits per heavy atom. The molecule has 0 amide bonds. The summed E-state index contributed by atoms with van der Waals surface area (Å²) in [6.45, 7) is 0. The highest BCUT2D eigenvalue weighted by molar-refractivity contribution is 6.18. The van der Waals surface area contributed by atoms with Crippen LogP contribution in [0.5, 0.6) is 5.75 Å². The van der Waals surface area contributed by atoms with Crippen LogP contribution in [0.4, 0.5) is 8.78 Å². The van der Waals surface area contributed by atoms with Crippen molar-refractivity contribution in [3.05, 3.63) is 29.3 Å². The van der Waals surface area contributed by atoms with Crippen LogP contribution >= 0.6 is 11.6 Å². The summed E-state index contributed by atoms with van der Waals surface area (Å²) in [5.74, 6) is -1.02. The summed E-state index contributed by atoms with van der Waals surface area (Å²) < 4.78 is 31.8. The minimum absolute atomic E-state index is 0.103. The molecule has 0 bridgehead atoms. The van der Waals surface area contributed by atoms with Gasteiger partial charge in [0.15, 0.2) is 11.6 Å². The molecule has 1 atom stereocenters. The topological polar surface area (TPSA) is 12.5 Å². The van der Waals surface area contributed by atoms with Gasteiger partial charge in [0.2, 0.25) is 0 Å². The molecular weight excluding hydrogens is 236 g/mol. The number of halogens is 3. The predicted molar refractivity (Wildman–Crippen MR) is 60.1 cm³/mol. The van der Waals surface area contributed by atoms with E-state index in [1.165, 1.54) is 7.11 Å². The molecule has 0 N–H and O–H groups in total. The van der Waals surface area contributed by atoms with Gasteiger partial charge in [-0.1, -0.05) is 0 Å². The van der Waals surface area contributed by atoms with Gasteiger partial charge in [0.25, 0.3) is 0 Å². The first-order valence-corrected chi connectivity index (χ1v) is 5.30. The van der Waals surface area contributed by atoms with Gasteiger partial charge in [0, 0.05) is 17.5 Å². The van der Waals surface area contributed by atoms with Crippen molar-refractivity contribution in [3.8, 4) is 5.75 Å². The normalized spacial score (nSPS) is 12.9. The Hall–Kier alpha value is -0.870. The molecule has 0 aliphatic rings. The fourth-order valence-electron chi connectivity index (χ4n) is 1.46. The Bertz CT molecular complexity index is 371. The fraction of sp³-hybridized carbons (Fsp3) is 0.455. The molecule has 0 saturated carbocycles. The lowest BCUT2D eigenvalue weighted by molar-refractivity contribution is 0.313. The molecule has 0 saturated heterocycles. The molecule has 0 radical (unpaired) electrons. The zero-order valence-corrected chi connectivity index (χ0v) is 10.2. The minimum atomic E-state index is -0.587. The standard InChI is InChI=1S/C11H14ClF2NO/c1-15(2)10(6-12)7-4-9(14)11(16-3)5-8(7)13/h4-5,10H,6H2,1-3H3. The van der Waals surface area contributed by atoms with Crippen molar-refractivity contribution in [3.63, 3.8) is 0 Å². The zero-order chi connectivity index (χ0) is 12.3. The molecule has 1 rings (SSSR count). The Morgan fingerprint density at radius 3 is 2.38 bits per heavy atom. The summed E-state index contributed by atoms with van der Waals surface area (Å²) in [5.41, 5.74) is 0.235. The molecule has 1 aromatic carbocycles. The second kappa shape index (κ2) is 5.46. The molecule has 0 aliphatic carbocycles. The minimum Gasteiger partial charge on any atom is -0.494 e. The van der Waals surface area contributed by atoms with E-state index >= 15 is 0 Å². The highest BCUT2D eigenvalue weighted by Crippen LogP contribution is 2.28. The first-order valence-electron chi connectivity index (χ1n) is 4.76. The smallest absolute Gasteiger partial charge is 0.165 e. The number of hydrogen-bond acceptors (Lipinski definition) is 2. The second-order valence-corrected chi connectivity index (χ2v) is 3.95. The lowest BCUT2D eigenvalue weighted by Crippen LogP contribution is -2.22. The van der Waals surface area contributed by atoms with Crippen molar-refractivity contribution in [1.82, 2.24) is 4.90 Å². The van der Waals surface area contributed by atoms with Crippen LogP contribution < -0.4 is 4.74 Å². The molecular formula is C11H14ClF2NO. The maximum absolute atomic E-state index is 13.7. The number of rotatable bonds is 4. The Balaban J connectivity index is 3.18. The van der Waals surface area contributed by atoms with Crippen LogP contribution in [0, 0.1) is 11.6 Å². The van der Waals surface area contributed by atoms with Gasteiger partial charge in [-0.15, -0.1) is 11.6 Å². The van der Waals surface area contributed by atoms with E-state index in [1.54, 1.807) is 19.0 Å². The van der Waals surface area contributed by atoms with Gasteiger partial charge >= 0.3 is 0 Å². The van der Waals surface area contributed by atoms with Crippen molar-refractivity contribution in [1.29, 1.82) is 0 Å². The van der Waals surface area contributed by atoms with Crippen LogP contribution in [0.25, 0.3) is 0 Å². The van der Waals surface area contributed by atoms with Gasteiger partial charge in [-0.25, -0.2) is 8.78 Å². The number of ether oxygens (including phenoxy) is 1. The van der Waals surface area contributed by atoms with Crippen LogP contribution in [0.3, 0.4) is 0 Å².